The first-order valence-corrected chi connectivity index (χ1v) is 10.2. The summed E-state index contributed by atoms with van der Waals surface area (Å²) in [6.07, 6.45) is 2.59. The number of benzene rings is 1. The van der Waals surface area contributed by atoms with Crippen LogP contribution < -0.4 is 10.9 Å². The molecule has 4 rings (SSSR count). The number of rotatable bonds is 5. The number of aromatic amines is 1. The summed E-state index contributed by atoms with van der Waals surface area (Å²) in [6, 6.07) is 7.67. The maximum Gasteiger partial charge on any atom is 0.419 e. The van der Waals surface area contributed by atoms with Crippen LogP contribution in [-0.2, 0) is 16.1 Å². The molecule has 1 aliphatic rings. The number of fused-ring (bicyclic) bond motifs is 1. The van der Waals surface area contributed by atoms with Gasteiger partial charge >= 0.3 is 6.09 Å². The van der Waals surface area contributed by atoms with E-state index in [4.69, 9.17) is 4.74 Å². The maximum absolute atomic E-state index is 13.0. The molecule has 1 unspecified atom stereocenters. The van der Waals surface area contributed by atoms with Crippen molar-refractivity contribution >= 4 is 22.9 Å². The quantitative estimate of drug-likeness (QED) is 0.614. The van der Waals surface area contributed by atoms with Crippen LogP contribution >= 0.6 is 0 Å². The predicted octanol–water partition coefficient (Wildman–Crippen LogP) is 3.61. The van der Waals surface area contributed by atoms with Gasteiger partial charge in [-0.2, -0.15) is 5.10 Å². The van der Waals surface area contributed by atoms with Gasteiger partial charge in [0.05, 0.1) is 11.7 Å². The molecule has 160 valence electrons. The number of hydrogen-bond acceptors (Lipinski definition) is 5. The lowest BCUT2D eigenvalue weighted by molar-refractivity contribution is -0.116. The number of alkyl carbamates (subject to hydrolysis) is 1. The van der Waals surface area contributed by atoms with Crippen molar-refractivity contribution in [1.29, 1.82) is 0 Å². The number of ether oxygens (including phenoxy) is 1. The Balaban J connectivity index is 1.75. The van der Waals surface area contributed by atoms with Gasteiger partial charge in [-0.3, -0.25) is 19.6 Å². The van der Waals surface area contributed by atoms with E-state index in [0.29, 0.717) is 11.3 Å². The highest BCUT2D eigenvalue weighted by Gasteiger charge is 2.29. The highest BCUT2D eigenvalue weighted by molar-refractivity contribution is 6.07. The zero-order valence-electron chi connectivity index (χ0n) is 17.9. The number of nitrogens with one attached hydrogen (secondary N) is 2. The molecule has 1 fully saturated rings. The van der Waals surface area contributed by atoms with Crippen LogP contribution in [0.3, 0.4) is 0 Å². The second kappa shape index (κ2) is 7.86. The van der Waals surface area contributed by atoms with Gasteiger partial charge < -0.3 is 9.72 Å². The molecule has 3 heterocycles. The van der Waals surface area contributed by atoms with E-state index in [1.807, 2.05) is 56.8 Å². The molecule has 0 bridgehead atoms. The summed E-state index contributed by atoms with van der Waals surface area (Å²) in [7, 11) is 0. The largest absolute Gasteiger partial charge is 0.419 e. The fraction of sp³-hybridized carbons (Fsp3) is 0.304. The fourth-order valence-corrected chi connectivity index (χ4v) is 3.91. The van der Waals surface area contributed by atoms with E-state index in [9.17, 15) is 14.4 Å². The van der Waals surface area contributed by atoms with Gasteiger partial charge in [-0.05, 0) is 49.6 Å². The highest BCUT2D eigenvalue weighted by atomic mass is 16.6. The molecule has 1 saturated heterocycles. The molecule has 8 nitrogen and oxygen atoms in total. The Bertz CT molecular complexity index is 1280. The first-order valence-electron chi connectivity index (χ1n) is 10.2. The number of aromatic nitrogens is 3. The molecule has 0 aliphatic carbocycles. The molecular weight excluding hydrogens is 396 g/mol. The van der Waals surface area contributed by atoms with Crippen molar-refractivity contribution in [1.82, 2.24) is 20.1 Å². The molecule has 2 N–H and O–H groups in total. The smallest absolute Gasteiger partial charge is 0.404 e. The number of allylic oxidation sites excluding steroid dienone is 1. The minimum absolute atomic E-state index is 0.00375. The van der Waals surface area contributed by atoms with Crippen LogP contribution in [0.5, 0.6) is 0 Å². The van der Waals surface area contributed by atoms with Gasteiger partial charge in [0.1, 0.15) is 0 Å². The summed E-state index contributed by atoms with van der Waals surface area (Å²) in [5.74, 6) is -1.07. The zero-order chi connectivity index (χ0) is 22.3. The van der Waals surface area contributed by atoms with Gasteiger partial charge in [0.25, 0.3) is 11.5 Å². The minimum atomic E-state index is -0.805. The third-order valence-electron chi connectivity index (χ3n) is 5.57. The predicted molar refractivity (Wildman–Crippen MR) is 116 cm³/mol. The number of aryl methyl sites for hydroxylation is 2. The molecule has 0 saturated carbocycles. The number of carbonyl (C=O) groups is 2. The number of amides is 2. The van der Waals surface area contributed by atoms with Crippen molar-refractivity contribution in [2.24, 2.45) is 5.92 Å². The summed E-state index contributed by atoms with van der Waals surface area (Å²) in [5.41, 5.74) is 3.94. The molecular formula is C23H24N4O4. The number of cyclic esters (lactones) is 1. The lowest BCUT2D eigenvalue weighted by Gasteiger charge is -2.17. The second-order valence-electron chi connectivity index (χ2n) is 7.99. The summed E-state index contributed by atoms with van der Waals surface area (Å²) in [4.78, 5) is 39.1. The Morgan fingerprint density at radius 1 is 1.19 bits per heavy atom. The summed E-state index contributed by atoms with van der Waals surface area (Å²) in [6.45, 7) is 8.69. The zero-order valence-corrected chi connectivity index (χ0v) is 17.9. The van der Waals surface area contributed by atoms with E-state index in [1.165, 1.54) is 6.08 Å². The Morgan fingerprint density at radius 3 is 2.58 bits per heavy atom. The van der Waals surface area contributed by atoms with E-state index in [2.05, 4.69) is 15.4 Å². The molecule has 8 heteroatoms. The number of pyridine rings is 1. The molecule has 31 heavy (non-hydrogen) atoms. The number of imide groups is 1. The second-order valence-corrected chi connectivity index (χ2v) is 7.99. The van der Waals surface area contributed by atoms with Crippen molar-refractivity contribution in [2.75, 3.05) is 0 Å². The van der Waals surface area contributed by atoms with Crippen LogP contribution in [0.2, 0.25) is 0 Å². The first-order chi connectivity index (χ1) is 14.8. The number of carbonyl (C=O) groups excluding carboxylic acids is 2. The lowest BCUT2D eigenvalue weighted by atomic mass is 9.88. The Labute approximate surface area is 178 Å². The van der Waals surface area contributed by atoms with Gasteiger partial charge in [0, 0.05) is 34.7 Å². The SMILES string of the molecule is CCn1ncc2c(C)cc(-c3ccc(C(C=C4OC(=O)NC4=O)C(C)C)c(=O)[nH]3)cc21. The van der Waals surface area contributed by atoms with Gasteiger partial charge in [0.15, 0.2) is 5.76 Å². The van der Waals surface area contributed by atoms with E-state index < -0.39 is 17.9 Å². The average molecular weight is 420 g/mol. The number of nitrogens with zero attached hydrogens (tertiary/aromatic N) is 2. The third kappa shape index (κ3) is 3.76. The Kier molecular flexibility index (Phi) is 5.22. The lowest BCUT2D eigenvalue weighted by Crippen LogP contribution is -2.21. The number of hydrogen-bond donors (Lipinski definition) is 2. The van der Waals surface area contributed by atoms with Gasteiger partial charge in [-0.25, -0.2) is 4.79 Å². The van der Waals surface area contributed by atoms with Crippen molar-refractivity contribution in [3.63, 3.8) is 0 Å². The van der Waals surface area contributed by atoms with Crippen molar-refractivity contribution in [3.05, 3.63) is 63.8 Å². The standard InChI is InChI=1S/C23H24N4O4/c1-5-27-19-9-14(8-13(4)17(19)11-24-27)18-7-6-15(21(28)25-18)16(12(2)3)10-20-22(29)26-23(30)31-20/h6-12,16H,5H2,1-4H3,(H,25,28)(H,26,29,30). The fourth-order valence-electron chi connectivity index (χ4n) is 3.91. The van der Waals surface area contributed by atoms with Crippen LogP contribution in [0.15, 0.2) is 47.1 Å². The Morgan fingerprint density at radius 2 is 1.97 bits per heavy atom. The van der Waals surface area contributed by atoms with E-state index in [-0.39, 0.29) is 17.2 Å². The van der Waals surface area contributed by atoms with E-state index in [1.54, 1.807) is 6.07 Å². The van der Waals surface area contributed by atoms with Crippen LogP contribution in [0.4, 0.5) is 4.79 Å². The number of H-pyrrole nitrogens is 1. The van der Waals surface area contributed by atoms with Crippen molar-refractivity contribution < 1.29 is 14.3 Å². The van der Waals surface area contributed by atoms with Crippen LogP contribution in [0.1, 0.15) is 37.8 Å². The molecule has 0 spiro atoms. The van der Waals surface area contributed by atoms with Crippen LogP contribution in [0, 0.1) is 12.8 Å². The highest BCUT2D eigenvalue weighted by Crippen LogP contribution is 2.29. The summed E-state index contributed by atoms with van der Waals surface area (Å²) >= 11 is 0. The van der Waals surface area contributed by atoms with Gasteiger partial charge in [-0.15, -0.1) is 0 Å². The third-order valence-corrected chi connectivity index (χ3v) is 5.57. The monoisotopic (exact) mass is 420 g/mol. The minimum Gasteiger partial charge on any atom is -0.404 e. The van der Waals surface area contributed by atoms with E-state index >= 15 is 0 Å². The van der Waals surface area contributed by atoms with Crippen molar-refractivity contribution in [3.8, 4) is 11.3 Å². The van der Waals surface area contributed by atoms with E-state index in [0.717, 1.165) is 28.6 Å². The topological polar surface area (TPSA) is 106 Å². The molecule has 0 radical (unpaired) electrons. The molecule has 1 atom stereocenters. The molecule has 2 aromatic heterocycles. The first kappa shape index (κ1) is 20.6. The molecule has 1 aromatic carbocycles. The maximum atomic E-state index is 13.0. The van der Waals surface area contributed by atoms with Gasteiger partial charge in [0.2, 0.25) is 0 Å². The average Bonchev–Trinajstić information content (AvgIpc) is 3.28. The van der Waals surface area contributed by atoms with Crippen LogP contribution in [0.25, 0.3) is 22.2 Å². The Hall–Kier alpha value is -3.68. The van der Waals surface area contributed by atoms with Crippen molar-refractivity contribution in [2.45, 2.75) is 40.2 Å². The molecule has 3 aromatic rings. The van der Waals surface area contributed by atoms with Gasteiger partial charge in [-0.1, -0.05) is 19.9 Å². The molecule has 2 amide bonds. The normalized spacial score (nSPS) is 16.2. The molecule has 1 aliphatic heterocycles. The summed E-state index contributed by atoms with van der Waals surface area (Å²) < 4.78 is 6.84. The summed E-state index contributed by atoms with van der Waals surface area (Å²) in [5, 5.41) is 7.57. The van der Waals surface area contributed by atoms with Crippen LogP contribution in [-0.4, -0.2) is 26.8 Å².